The summed E-state index contributed by atoms with van der Waals surface area (Å²) in [5.41, 5.74) is 0.287. The SMILES string of the molecule is CCCCCCSc1ccc(OC(CO)Cc2nc(C(=O)OC)cs2)cc1. The van der Waals surface area contributed by atoms with Crippen LogP contribution in [0.2, 0.25) is 0 Å². The number of hydrogen-bond donors (Lipinski definition) is 1. The summed E-state index contributed by atoms with van der Waals surface area (Å²) in [5, 5.41) is 12.0. The van der Waals surface area contributed by atoms with Crippen molar-refractivity contribution in [3.63, 3.8) is 0 Å². The molecule has 0 aliphatic heterocycles. The number of unbranched alkanes of at least 4 members (excludes halogenated alkanes) is 3. The molecular formula is C20H27NO4S2. The van der Waals surface area contributed by atoms with Gasteiger partial charge in [0.05, 0.1) is 18.7 Å². The molecule has 0 fully saturated rings. The Labute approximate surface area is 169 Å². The Hall–Kier alpha value is -1.57. The van der Waals surface area contributed by atoms with Crippen molar-refractivity contribution in [3.05, 3.63) is 40.3 Å². The van der Waals surface area contributed by atoms with Crippen LogP contribution in [-0.4, -0.2) is 41.6 Å². The van der Waals surface area contributed by atoms with E-state index in [4.69, 9.17) is 4.74 Å². The molecule has 0 saturated carbocycles. The molecular weight excluding hydrogens is 382 g/mol. The molecule has 0 radical (unpaired) electrons. The van der Waals surface area contributed by atoms with Crippen molar-refractivity contribution in [2.24, 2.45) is 0 Å². The number of ether oxygens (including phenoxy) is 2. The second kappa shape index (κ2) is 12.0. The molecule has 7 heteroatoms. The minimum absolute atomic E-state index is 0.124. The fraction of sp³-hybridized carbons (Fsp3) is 0.500. The fourth-order valence-electron chi connectivity index (χ4n) is 2.47. The average Bonchev–Trinajstić information content (AvgIpc) is 3.16. The van der Waals surface area contributed by atoms with Gasteiger partial charge in [0.25, 0.3) is 0 Å². The zero-order valence-corrected chi connectivity index (χ0v) is 17.5. The molecule has 0 bridgehead atoms. The van der Waals surface area contributed by atoms with Crippen molar-refractivity contribution in [1.82, 2.24) is 4.98 Å². The lowest BCUT2D eigenvalue weighted by molar-refractivity contribution is 0.0594. The molecule has 148 valence electrons. The summed E-state index contributed by atoms with van der Waals surface area (Å²) in [6, 6.07) is 7.96. The van der Waals surface area contributed by atoms with Crippen molar-refractivity contribution >= 4 is 29.1 Å². The van der Waals surface area contributed by atoms with Gasteiger partial charge in [0.1, 0.15) is 11.9 Å². The van der Waals surface area contributed by atoms with E-state index in [1.54, 1.807) is 5.38 Å². The van der Waals surface area contributed by atoms with E-state index in [0.29, 0.717) is 12.2 Å². The van der Waals surface area contributed by atoms with Gasteiger partial charge in [-0.1, -0.05) is 26.2 Å². The minimum Gasteiger partial charge on any atom is -0.488 e. The predicted octanol–water partition coefficient (Wildman–Crippen LogP) is 4.58. The number of aliphatic hydroxyl groups excluding tert-OH is 1. The molecule has 2 rings (SSSR count). The van der Waals surface area contributed by atoms with E-state index in [9.17, 15) is 9.90 Å². The van der Waals surface area contributed by atoms with Crippen LogP contribution in [0.25, 0.3) is 0 Å². The van der Waals surface area contributed by atoms with Crippen LogP contribution < -0.4 is 4.74 Å². The number of aromatic nitrogens is 1. The summed E-state index contributed by atoms with van der Waals surface area (Å²) < 4.78 is 10.5. The van der Waals surface area contributed by atoms with Crippen molar-refractivity contribution in [2.75, 3.05) is 19.5 Å². The highest BCUT2D eigenvalue weighted by Crippen LogP contribution is 2.24. The van der Waals surface area contributed by atoms with E-state index < -0.39 is 12.1 Å². The molecule has 0 saturated heterocycles. The number of methoxy groups -OCH3 is 1. The molecule has 1 unspecified atom stereocenters. The smallest absolute Gasteiger partial charge is 0.357 e. The van der Waals surface area contributed by atoms with Crippen LogP contribution in [0.15, 0.2) is 34.5 Å². The monoisotopic (exact) mass is 409 g/mol. The van der Waals surface area contributed by atoms with Crippen LogP contribution in [0.4, 0.5) is 0 Å². The van der Waals surface area contributed by atoms with E-state index in [-0.39, 0.29) is 12.3 Å². The molecule has 0 spiro atoms. The van der Waals surface area contributed by atoms with Gasteiger partial charge in [-0.05, 0) is 36.4 Å². The average molecular weight is 410 g/mol. The van der Waals surface area contributed by atoms with Gasteiger partial charge in [0, 0.05) is 16.7 Å². The van der Waals surface area contributed by atoms with Crippen molar-refractivity contribution in [1.29, 1.82) is 0 Å². The number of thiazole rings is 1. The number of aliphatic hydroxyl groups is 1. The van der Waals surface area contributed by atoms with Gasteiger partial charge in [0.15, 0.2) is 5.69 Å². The zero-order chi connectivity index (χ0) is 19.5. The van der Waals surface area contributed by atoms with Crippen molar-refractivity contribution in [3.8, 4) is 5.75 Å². The molecule has 1 aromatic heterocycles. The molecule has 0 aliphatic rings. The predicted molar refractivity (Wildman–Crippen MR) is 110 cm³/mol. The van der Waals surface area contributed by atoms with E-state index in [1.807, 2.05) is 36.0 Å². The maximum Gasteiger partial charge on any atom is 0.357 e. The topological polar surface area (TPSA) is 68.7 Å². The first-order chi connectivity index (χ1) is 13.2. The van der Waals surface area contributed by atoms with Gasteiger partial charge >= 0.3 is 5.97 Å². The van der Waals surface area contributed by atoms with Gasteiger partial charge < -0.3 is 14.6 Å². The van der Waals surface area contributed by atoms with E-state index in [1.165, 1.54) is 49.0 Å². The highest BCUT2D eigenvalue weighted by atomic mass is 32.2. The molecule has 2 aromatic rings. The molecule has 1 heterocycles. The summed E-state index contributed by atoms with van der Waals surface area (Å²) in [7, 11) is 1.33. The third-order valence-corrected chi connectivity index (χ3v) is 5.91. The number of nitrogens with zero attached hydrogens (tertiary/aromatic N) is 1. The number of carbonyl (C=O) groups is 1. The number of thioether (sulfide) groups is 1. The van der Waals surface area contributed by atoms with Gasteiger partial charge in [-0.3, -0.25) is 0 Å². The number of esters is 1. The normalized spacial score (nSPS) is 12.0. The first kappa shape index (κ1) is 21.7. The Balaban J connectivity index is 1.83. The summed E-state index contributed by atoms with van der Waals surface area (Å²) in [6.45, 7) is 2.10. The maximum absolute atomic E-state index is 11.5. The molecule has 1 N–H and O–H groups in total. The van der Waals surface area contributed by atoms with Gasteiger partial charge in [-0.25, -0.2) is 9.78 Å². The Kier molecular flexibility index (Phi) is 9.66. The number of benzene rings is 1. The van der Waals surface area contributed by atoms with Crippen LogP contribution in [0, 0.1) is 0 Å². The first-order valence-electron chi connectivity index (χ1n) is 9.19. The van der Waals surface area contributed by atoms with Gasteiger partial charge in [-0.15, -0.1) is 23.1 Å². The molecule has 1 aromatic carbocycles. The second-order valence-electron chi connectivity index (χ2n) is 6.13. The van der Waals surface area contributed by atoms with Gasteiger partial charge in [0.2, 0.25) is 0 Å². The summed E-state index contributed by atoms with van der Waals surface area (Å²) in [5.74, 6) is 1.39. The van der Waals surface area contributed by atoms with Crippen LogP contribution >= 0.6 is 23.1 Å². The fourth-order valence-corrected chi connectivity index (χ4v) is 4.21. The first-order valence-corrected chi connectivity index (χ1v) is 11.1. The van der Waals surface area contributed by atoms with Crippen molar-refractivity contribution < 1.29 is 19.4 Å². The second-order valence-corrected chi connectivity index (χ2v) is 8.24. The van der Waals surface area contributed by atoms with E-state index >= 15 is 0 Å². The van der Waals surface area contributed by atoms with E-state index in [2.05, 4.69) is 16.6 Å². The lowest BCUT2D eigenvalue weighted by atomic mass is 10.2. The van der Waals surface area contributed by atoms with Gasteiger partial charge in [-0.2, -0.15) is 0 Å². The number of carbonyl (C=O) groups excluding carboxylic acids is 1. The molecule has 0 aliphatic carbocycles. The quantitative estimate of drug-likeness (QED) is 0.314. The van der Waals surface area contributed by atoms with Crippen LogP contribution in [-0.2, 0) is 11.2 Å². The lowest BCUT2D eigenvalue weighted by Crippen LogP contribution is -2.23. The third-order valence-electron chi connectivity index (χ3n) is 3.95. The Morgan fingerprint density at radius 2 is 2.04 bits per heavy atom. The maximum atomic E-state index is 11.5. The van der Waals surface area contributed by atoms with Crippen LogP contribution in [0.3, 0.4) is 0 Å². The van der Waals surface area contributed by atoms with Crippen molar-refractivity contribution in [2.45, 2.75) is 50.0 Å². The molecule has 0 amide bonds. The Morgan fingerprint density at radius 3 is 2.70 bits per heavy atom. The molecule has 5 nitrogen and oxygen atoms in total. The largest absolute Gasteiger partial charge is 0.488 e. The van der Waals surface area contributed by atoms with Crippen LogP contribution in [0.5, 0.6) is 5.75 Å². The molecule has 1 atom stereocenters. The highest BCUT2D eigenvalue weighted by molar-refractivity contribution is 7.99. The minimum atomic E-state index is -0.457. The number of hydrogen-bond acceptors (Lipinski definition) is 7. The molecule has 27 heavy (non-hydrogen) atoms. The lowest BCUT2D eigenvalue weighted by Gasteiger charge is -2.16. The Bertz CT molecular complexity index is 688. The summed E-state index contributed by atoms with van der Waals surface area (Å²) in [6.07, 6.45) is 5.12. The number of rotatable bonds is 12. The highest BCUT2D eigenvalue weighted by Gasteiger charge is 2.16. The standard InChI is InChI=1S/C20H27NO4S2/c1-3-4-5-6-11-26-17-9-7-15(8-10-17)25-16(13-22)12-19-21-18(14-27-19)20(23)24-2/h7-10,14,16,22H,3-6,11-13H2,1-2H3. The Morgan fingerprint density at radius 1 is 1.26 bits per heavy atom. The summed E-state index contributed by atoms with van der Waals surface area (Å²) in [4.78, 5) is 16.9. The zero-order valence-electron chi connectivity index (χ0n) is 15.8. The summed E-state index contributed by atoms with van der Waals surface area (Å²) >= 11 is 3.22. The van der Waals surface area contributed by atoms with E-state index in [0.717, 1.165) is 10.8 Å². The van der Waals surface area contributed by atoms with Crippen LogP contribution in [0.1, 0.15) is 48.1 Å². The third kappa shape index (κ3) is 7.52.